The third-order valence-corrected chi connectivity index (χ3v) is 5.12. The maximum atomic E-state index is 6.44. The summed E-state index contributed by atoms with van der Waals surface area (Å²) in [5.41, 5.74) is 4.99. The van der Waals surface area contributed by atoms with Crippen LogP contribution in [0.2, 0.25) is 5.02 Å². The zero-order valence-electron chi connectivity index (χ0n) is 12.9. The number of hydrogen-bond donors (Lipinski definition) is 2. The van der Waals surface area contributed by atoms with Crippen LogP contribution in [-0.2, 0) is 19.4 Å². The van der Waals surface area contributed by atoms with Gasteiger partial charge in [0.2, 0.25) is 0 Å². The number of halogens is 1. The highest BCUT2D eigenvalue weighted by Crippen LogP contribution is 2.23. The molecule has 0 fully saturated rings. The lowest BCUT2D eigenvalue weighted by Gasteiger charge is -2.17. The van der Waals surface area contributed by atoms with Gasteiger partial charge in [0.05, 0.1) is 16.4 Å². The van der Waals surface area contributed by atoms with Crippen LogP contribution in [0.3, 0.4) is 0 Å². The predicted octanol–water partition coefficient (Wildman–Crippen LogP) is 2.88. The van der Waals surface area contributed by atoms with Gasteiger partial charge in [0.25, 0.3) is 0 Å². The van der Waals surface area contributed by atoms with Gasteiger partial charge in [0.15, 0.2) is 0 Å². The first-order chi connectivity index (χ1) is 9.53. The summed E-state index contributed by atoms with van der Waals surface area (Å²) < 4.78 is 2.00. The molecule has 3 N–H and O–H groups in total. The van der Waals surface area contributed by atoms with E-state index >= 15 is 0 Å². The van der Waals surface area contributed by atoms with Crippen molar-refractivity contribution in [2.75, 3.05) is 11.5 Å². The highest BCUT2D eigenvalue weighted by Gasteiger charge is 2.18. The number of rotatable bonds is 9. The van der Waals surface area contributed by atoms with Gasteiger partial charge in [0, 0.05) is 24.8 Å². The summed E-state index contributed by atoms with van der Waals surface area (Å²) in [5, 5.41) is 5.36. The Morgan fingerprint density at radius 2 is 2.05 bits per heavy atom. The molecule has 0 aliphatic carbocycles. The van der Waals surface area contributed by atoms with Crippen molar-refractivity contribution >= 4 is 23.4 Å². The summed E-state index contributed by atoms with van der Waals surface area (Å²) in [4.78, 5) is 0. The highest BCUT2D eigenvalue weighted by molar-refractivity contribution is 7.99. The Balaban J connectivity index is 2.71. The average molecular weight is 319 g/mol. The van der Waals surface area contributed by atoms with Crippen LogP contribution in [0.25, 0.3) is 0 Å². The minimum atomic E-state index is 0.225. The minimum Gasteiger partial charge on any atom is -0.271 e. The van der Waals surface area contributed by atoms with Crippen LogP contribution in [-0.4, -0.2) is 27.3 Å². The van der Waals surface area contributed by atoms with Crippen LogP contribution >= 0.6 is 23.4 Å². The van der Waals surface area contributed by atoms with Gasteiger partial charge >= 0.3 is 0 Å². The van der Waals surface area contributed by atoms with Gasteiger partial charge in [-0.25, -0.2) is 0 Å². The lowest BCUT2D eigenvalue weighted by atomic mass is 10.1. The van der Waals surface area contributed by atoms with Crippen molar-refractivity contribution in [2.45, 2.75) is 53.1 Å². The molecule has 1 heterocycles. The van der Waals surface area contributed by atoms with Crippen molar-refractivity contribution in [3.05, 3.63) is 16.4 Å². The molecule has 0 saturated heterocycles. The molecule has 1 aromatic heterocycles. The summed E-state index contributed by atoms with van der Waals surface area (Å²) in [6.45, 7) is 9.47. The molecular formula is C14H27ClN4S. The Hall–Kier alpha value is -0.230. The van der Waals surface area contributed by atoms with E-state index in [9.17, 15) is 0 Å². The summed E-state index contributed by atoms with van der Waals surface area (Å²) in [6.07, 6.45) is 1.68. The molecule has 1 rings (SSSR count). The second-order valence-corrected chi connectivity index (χ2v) is 6.83. The van der Waals surface area contributed by atoms with E-state index in [1.54, 1.807) is 0 Å². The van der Waals surface area contributed by atoms with Crippen molar-refractivity contribution in [3.63, 3.8) is 0 Å². The number of aryl methyl sites for hydroxylation is 2. The molecule has 0 aliphatic rings. The lowest BCUT2D eigenvalue weighted by Crippen LogP contribution is -2.39. The molecule has 1 atom stereocenters. The van der Waals surface area contributed by atoms with Crippen LogP contribution < -0.4 is 11.3 Å². The van der Waals surface area contributed by atoms with Crippen LogP contribution in [0, 0.1) is 5.92 Å². The molecule has 1 unspecified atom stereocenters. The van der Waals surface area contributed by atoms with Gasteiger partial charge in [-0.05, 0) is 25.0 Å². The fourth-order valence-corrected chi connectivity index (χ4v) is 3.51. The number of thioether (sulfide) groups is 1. The van der Waals surface area contributed by atoms with Crippen LogP contribution in [0.4, 0.5) is 0 Å². The Kier molecular flexibility index (Phi) is 7.95. The normalized spacial score (nSPS) is 13.2. The van der Waals surface area contributed by atoms with Gasteiger partial charge in [0.1, 0.15) is 0 Å². The average Bonchev–Trinajstić information content (AvgIpc) is 2.73. The standard InChI is InChI=1S/C14H27ClN4S/c1-5-12-14(15)13(19(6-2)18-12)7-11(17-16)9-20-8-10(3)4/h10-11,17H,5-9,16H2,1-4H3. The second kappa shape index (κ2) is 8.93. The Morgan fingerprint density at radius 3 is 2.55 bits per heavy atom. The third-order valence-electron chi connectivity index (χ3n) is 3.14. The molecule has 0 bridgehead atoms. The summed E-state index contributed by atoms with van der Waals surface area (Å²) >= 11 is 8.37. The fraction of sp³-hybridized carbons (Fsp3) is 0.786. The summed E-state index contributed by atoms with van der Waals surface area (Å²) in [6, 6.07) is 0.225. The van der Waals surface area contributed by atoms with Gasteiger partial charge in [-0.15, -0.1) is 0 Å². The molecular weight excluding hydrogens is 292 g/mol. The summed E-state index contributed by atoms with van der Waals surface area (Å²) in [5.74, 6) is 8.53. The van der Waals surface area contributed by atoms with E-state index in [1.165, 1.54) is 0 Å². The van der Waals surface area contributed by atoms with Crippen LogP contribution in [0.15, 0.2) is 0 Å². The molecule has 0 saturated carbocycles. The number of nitrogens with two attached hydrogens (primary N) is 1. The number of hydrogen-bond acceptors (Lipinski definition) is 4. The molecule has 0 spiro atoms. The number of nitrogens with one attached hydrogen (secondary N) is 1. The van der Waals surface area contributed by atoms with Gasteiger partial charge in [-0.2, -0.15) is 16.9 Å². The SMILES string of the molecule is CCc1nn(CC)c(CC(CSCC(C)C)NN)c1Cl. The molecule has 0 aromatic carbocycles. The Morgan fingerprint density at radius 1 is 1.35 bits per heavy atom. The van der Waals surface area contributed by atoms with E-state index in [0.29, 0.717) is 5.92 Å². The largest absolute Gasteiger partial charge is 0.271 e. The molecule has 1 aromatic rings. The Bertz CT molecular complexity index is 406. The van der Waals surface area contributed by atoms with Crippen molar-refractivity contribution in [3.8, 4) is 0 Å². The van der Waals surface area contributed by atoms with Crippen molar-refractivity contribution < 1.29 is 0 Å². The zero-order chi connectivity index (χ0) is 15.1. The molecule has 0 aliphatic heterocycles. The smallest absolute Gasteiger partial charge is 0.0850 e. The van der Waals surface area contributed by atoms with E-state index in [4.69, 9.17) is 17.4 Å². The number of nitrogens with zero attached hydrogens (tertiary/aromatic N) is 2. The predicted molar refractivity (Wildman–Crippen MR) is 89.3 cm³/mol. The molecule has 0 amide bonds. The molecule has 4 nitrogen and oxygen atoms in total. The van der Waals surface area contributed by atoms with Crippen LogP contribution in [0.1, 0.15) is 39.1 Å². The maximum absolute atomic E-state index is 6.44. The van der Waals surface area contributed by atoms with Gasteiger partial charge < -0.3 is 0 Å². The van der Waals surface area contributed by atoms with E-state index < -0.39 is 0 Å². The third kappa shape index (κ3) is 4.95. The van der Waals surface area contributed by atoms with E-state index in [-0.39, 0.29) is 6.04 Å². The van der Waals surface area contributed by atoms with Crippen LogP contribution in [0.5, 0.6) is 0 Å². The van der Waals surface area contributed by atoms with E-state index in [1.807, 2.05) is 16.4 Å². The molecule has 6 heteroatoms. The monoisotopic (exact) mass is 318 g/mol. The number of aromatic nitrogens is 2. The minimum absolute atomic E-state index is 0.225. The highest BCUT2D eigenvalue weighted by atomic mass is 35.5. The molecule has 0 radical (unpaired) electrons. The Labute approximate surface area is 131 Å². The topological polar surface area (TPSA) is 55.9 Å². The van der Waals surface area contributed by atoms with Crippen molar-refractivity contribution in [2.24, 2.45) is 11.8 Å². The quantitative estimate of drug-likeness (QED) is 0.543. The molecule has 116 valence electrons. The first kappa shape index (κ1) is 17.8. The van der Waals surface area contributed by atoms with E-state index in [2.05, 4.69) is 38.2 Å². The van der Waals surface area contributed by atoms with Crippen molar-refractivity contribution in [1.82, 2.24) is 15.2 Å². The second-order valence-electron chi connectivity index (χ2n) is 5.38. The number of hydrazine groups is 1. The maximum Gasteiger partial charge on any atom is 0.0850 e. The fourth-order valence-electron chi connectivity index (χ4n) is 2.06. The lowest BCUT2D eigenvalue weighted by molar-refractivity contribution is 0.533. The van der Waals surface area contributed by atoms with E-state index in [0.717, 1.165) is 47.3 Å². The van der Waals surface area contributed by atoms with Gasteiger partial charge in [-0.1, -0.05) is 32.4 Å². The zero-order valence-corrected chi connectivity index (χ0v) is 14.5. The van der Waals surface area contributed by atoms with Gasteiger partial charge in [-0.3, -0.25) is 16.0 Å². The van der Waals surface area contributed by atoms with Crippen molar-refractivity contribution in [1.29, 1.82) is 0 Å². The molecule has 20 heavy (non-hydrogen) atoms. The first-order valence-electron chi connectivity index (χ1n) is 7.31. The summed E-state index contributed by atoms with van der Waals surface area (Å²) in [7, 11) is 0. The first-order valence-corrected chi connectivity index (χ1v) is 8.84.